The number of nitrogens with one attached hydrogen (secondary N) is 1. The van der Waals surface area contributed by atoms with Crippen LogP contribution in [0, 0.1) is 5.92 Å². The molecule has 1 fully saturated rings. The summed E-state index contributed by atoms with van der Waals surface area (Å²) in [5, 5.41) is 6.38. The van der Waals surface area contributed by atoms with Crippen LogP contribution in [0.4, 0.5) is 5.69 Å². The Bertz CT molecular complexity index is 1970. The second-order valence-electron chi connectivity index (χ2n) is 11.9. The molecule has 0 atom stereocenters. The van der Waals surface area contributed by atoms with Crippen molar-refractivity contribution in [3.63, 3.8) is 0 Å². The lowest BCUT2D eigenvalue weighted by atomic mass is 9.97. The number of aromatic nitrogens is 4. The number of benzene rings is 3. The zero-order valence-corrected chi connectivity index (χ0v) is 25.4. The molecule has 0 radical (unpaired) electrons. The number of aryl methyl sites for hydroxylation is 1. The molecule has 1 N–H and O–H groups in total. The van der Waals surface area contributed by atoms with Crippen LogP contribution in [0.1, 0.15) is 24.8 Å². The van der Waals surface area contributed by atoms with Gasteiger partial charge in [-0.05, 0) is 93.2 Å². The van der Waals surface area contributed by atoms with Gasteiger partial charge in [-0.3, -0.25) is 19.3 Å². The fraction of sp³-hybridized carbons (Fsp3) is 0.297. The van der Waals surface area contributed by atoms with Crippen LogP contribution >= 0.6 is 0 Å². The largest absolute Gasteiger partial charge is 0.493 e. The van der Waals surface area contributed by atoms with Gasteiger partial charge in [0.2, 0.25) is 0 Å². The minimum atomic E-state index is -0.0440. The molecule has 0 aliphatic carbocycles. The molecular weight excluding hydrogens is 560 g/mol. The van der Waals surface area contributed by atoms with Crippen LogP contribution in [-0.2, 0) is 13.0 Å². The number of hydrogen-bond donors (Lipinski definition) is 1. The van der Waals surface area contributed by atoms with Gasteiger partial charge in [-0.15, -0.1) is 0 Å². The van der Waals surface area contributed by atoms with Crippen molar-refractivity contribution in [2.45, 2.75) is 32.2 Å². The molecule has 0 spiro atoms. The number of hydrogen-bond acceptors (Lipinski definition) is 7. The lowest BCUT2D eigenvalue weighted by Gasteiger charge is -2.31. The summed E-state index contributed by atoms with van der Waals surface area (Å²) in [6.45, 7) is 5.13. The van der Waals surface area contributed by atoms with Crippen molar-refractivity contribution in [2.75, 3.05) is 38.1 Å². The number of anilines is 1. The summed E-state index contributed by atoms with van der Waals surface area (Å²) in [4.78, 5) is 29.3. The highest BCUT2D eigenvalue weighted by atomic mass is 16.5. The Hall–Kier alpha value is -4.82. The molecular formula is C37H38N6O2. The molecule has 8 heteroatoms. The molecule has 8 nitrogen and oxygen atoms in total. The maximum Gasteiger partial charge on any atom is 0.261 e. The summed E-state index contributed by atoms with van der Waals surface area (Å²) >= 11 is 0. The first-order valence-electron chi connectivity index (χ1n) is 16.0. The third kappa shape index (κ3) is 6.66. The highest BCUT2D eigenvalue weighted by molar-refractivity contribution is 5.90. The van der Waals surface area contributed by atoms with Gasteiger partial charge in [0.05, 0.1) is 34.9 Å². The standard InChI is InChI=1S/C37H38N6O2/c44-37-32-12-11-29(24-36(32)41-26-43(37)23-19-40-35-14-18-39-34-10-4-2-8-31(34)35)45-25-27-15-21-42(22-16-27)20-5-6-28-13-17-38-33-9-3-1-7-30(28)33/h1-4,7-14,17-18,24,26-27H,5-6,15-16,19-23,25H2,(H,39,40). The van der Waals surface area contributed by atoms with Crippen molar-refractivity contribution in [3.05, 3.63) is 114 Å². The Labute approximate surface area is 262 Å². The topological polar surface area (TPSA) is 85.2 Å². The fourth-order valence-electron chi connectivity index (χ4n) is 6.41. The van der Waals surface area contributed by atoms with Gasteiger partial charge in [0.1, 0.15) is 5.75 Å². The van der Waals surface area contributed by atoms with Crippen molar-refractivity contribution < 1.29 is 4.74 Å². The molecule has 228 valence electrons. The molecule has 1 aliphatic rings. The van der Waals surface area contributed by atoms with E-state index in [9.17, 15) is 4.79 Å². The second-order valence-corrected chi connectivity index (χ2v) is 11.9. The molecule has 4 heterocycles. The first-order valence-corrected chi connectivity index (χ1v) is 16.0. The highest BCUT2D eigenvalue weighted by Crippen LogP contribution is 2.23. The van der Waals surface area contributed by atoms with Crippen molar-refractivity contribution in [1.29, 1.82) is 0 Å². The van der Waals surface area contributed by atoms with Gasteiger partial charge in [-0.25, -0.2) is 4.98 Å². The predicted molar refractivity (Wildman–Crippen MR) is 181 cm³/mol. The van der Waals surface area contributed by atoms with Gasteiger partial charge in [-0.2, -0.15) is 0 Å². The van der Waals surface area contributed by atoms with Crippen molar-refractivity contribution >= 4 is 38.4 Å². The van der Waals surface area contributed by atoms with Gasteiger partial charge in [0, 0.05) is 48.0 Å². The van der Waals surface area contributed by atoms with Crippen LogP contribution in [0.15, 0.2) is 102 Å². The summed E-state index contributed by atoms with van der Waals surface area (Å²) in [6.07, 6.45) is 9.86. The first kappa shape index (κ1) is 28.9. The zero-order chi connectivity index (χ0) is 30.4. The molecule has 6 aromatic rings. The second kappa shape index (κ2) is 13.4. The molecule has 3 aromatic carbocycles. The van der Waals surface area contributed by atoms with Crippen molar-refractivity contribution in [2.24, 2.45) is 5.92 Å². The SMILES string of the molecule is O=c1c2ccc(OCC3CCN(CCCc4ccnc5ccccc45)CC3)cc2ncn1CCNc1ccnc2ccccc12. The lowest BCUT2D eigenvalue weighted by Crippen LogP contribution is -2.36. The Balaban J connectivity index is 0.875. The van der Waals surface area contributed by atoms with Crippen LogP contribution in [0.3, 0.4) is 0 Å². The Morgan fingerprint density at radius 2 is 1.53 bits per heavy atom. The van der Waals surface area contributed by atoms with E-state index in [1.165, 1.54) is 10.9 Å². The van der Waals surface area contributed by atoms with Crippen LogP contribution < -0.4 is 15.6 Å². The summed E-state index contributed by atoms with van der Waals surface area (Å²) in [7, 11) is 0. The van der Waals surface area contributed by atoms with E-state index < -0.39 is 0 Å². The number of para-hydroxylation sites is 2. The van der Waals surface area contributed by atoms with Crippen molar-refractivity contribution in [1.82, 2.24) is 24.4 Å². The third-order valence-electron chi connectivity index (χ3n) is 8.97. The average molecular weight is 599 g/mol. The number of rotatable bonds is 11. The molecule has 45 heavy (non-hydrogen) atoms. The minimum absolute atomic E-state index is 0.0440. The zero-order valence-electron chi connectivity index (χ0n) is 25.4. The Kier molecular flexibility index (Phi) is 8.64. The number of likely N-dealkylation sites (tertiary alicyclic amines) is 1. The van der Waals surface area contributed by atoms with E-state index in [2.05, 4.69) is 49.4 Å². The van der Waals surface area contributed by atoms with Crippen LogP contribution in [-0.4, -0.2) is 57.2 Å². The average Bonchev–Trinajstić information content (AvgIpc) is 3.09. The maximum absolute atomic E-state index is 13.2. The molecule has 0 amide bonds. The third-order valence-corrected chi connectivity index (χ3v) is 8.97. The number of nitrogens with zero attached hydrogens (tertiary/aromatic N) is 5. The van der Waals surface area contributed by atoms with E-state index in [-0.39, 0.29) is 5.56 Å². The van der Waals surface area contributed by atoms with Gasteiger partial charge < -0.3 is 15.0 Å². The fourth-order valence-corrected chi connectivity index (χ4v) is 6.41. The smallest absolute Gasteiger partial charge is 0.261 e. The number of pyridine rings is 2. The lowest BCUT2D eigenvalue weighted by molar-refractivity contribution is 0.140. The maximum atomic E-state index is 13.2. The molecule has 1 saturated heterocycles. The number of ether oxygens (including phenoxy) is 1. The highest BCUT2D eigenvalue weighted by Gasteiger charge is 2.20. The van der Waals surface area contributed by atoms with E-state index >= 15 is 0 Å². The molecule has 0 unspecified atom stereocenters. The molecule has 0 bridgehead atoms. The molecule has 7 rings (SSSR count). The van der Waals surface area contributed by atoms with Gasteiger partial charge in [0.25, 0.3) is 5.56 Å². The summed E-state index contributed by atoms with van der Waals surface area (Å²) in [5.41, 5.74) is 5.03. The quantitative estimate of drug-likeness (QED) is 0.187. The molecule has 0 saturated carbocycles. The normalized spacial score (nSPS) is 14.3. The van der Waals surface area contributed by atoms with E-state index in [1.54, 1.807) is 17.1 Å². The first-order chi connectivity index (χ1) is 22.2. The van der Waals surface area contributed by atoms with E-state index in [0.29, 0.717) is 36.5 Å². The number of piperidine rings is 1. The van der Waals surface area contributed by atoms with Gasteiger partial charge in [0.15, 0.2) is 0 Å². The van der Waals surface area contributed by atoms with Gasteiger partial charge >= 0.3 is 0 Å². The summed E-state index contributed by atoms with van der Waals surface area (Å²) < 4.78 is 7.86. The van der Waals surface area contributed by atoms with Crippen LogP contribution in [0.2, 0.25) is 0 Å². The molecule has 1 aliphatic heterocycles. The van der Waals surface area contributed by atoms with Gasteiger partial charge in [-0.1, -0.05) is 36.4 Å². The van der Waals surface area contributed by atoms with Crippen LogP contribution in [0.5, 0.6) is 5.75 Å². The monoisotopic (exact) mass is 598 g/mol. The van der Waals surface area contributed by atoms with E-state index in [4.69, 9.17) is 4.74 Å². The van der Waals surface area contributed by atoms with Crippen LogP contribution in [0.25, 0.3) is 32.7 Å². The molecule has 3 aromatic heterocycles. The van der Waals surface area contributed by atoms with E-state index in [0.717, 1.165) is 73.2 Å². The summed E-state index contributed by atoms with van der Waals surface area (Å²) in [5.74, 6) is 1.30. The summed E-state index contributed by atoms with van der Waals surface area (Å²) in [6, 6.07) is 26.2. The number of fused-ring (bicyclic) bond motifs is 3. The van der Waals surface area contributed by atoms with Crippen molar-refractivity contribution in [3.8, 4) is 5.75 Å². The predicted octanol–water partition coefficient (Wildman–Crippen LogP) is 6.33. The Morgan fingerprint density at radius 3 is 2.38 bits per heavy atom. The van der Waals surface area contributed by atoms with E-state index in [1.807, 2.05) is 60.8 Å². The minimum Gasteiger partial charge on any atom is -0.493 e. The Morgan fingerprint density at radius 1 is 0.778 bits per heavy atom.